The number of benzene rings is 2. The molecule has 3 N–H and O–H groups in total. The minimum absolute atomic E-state index is 0.0666. The molecule has 1 fully saturated rings. The Morgan fingerprint density at radius 3 is 2.23 bits per heavy atom. The van der Waals surface area contributed by atoms with Crippen molar-refractivity contribution in [2.75, 3.05) is 6.54 Å². The Morgan fingerprint density at radius 2 is 1.68 bits per heavy atom. The van der Waals surface area contributed by atoms with Crippen LogP contribution in [0, 0.1) is 18.8 Å². The molecule has 1 aliphatic carbocycles. The van der Waals surface area contributed by atoms with Gasteiger partial charge < -0.3 is 10.5 Å². The van der Waals surface area contributed by atoms with Gasteiger partial charge in [-0.1, -0.05) is 80.1 Å². The monoisotopic (exact) mass is 447 g/mol. The zero-order valence-electron chi connectivity index (χ0n) is 18.1. The molecule has 0 heterocycles. The lowest BCUT2D eigenvalue weighted by Crippen LogP contribution is -2.28. The Kier molecular flexibility index (Phi) is 10.2. The standard InChI is InChI=1S/C17H25NO2.C7H8O3S/c18-12-16(15-9-5-2-6-10-15)11-17(19)20-13-14-7-3-1-4-8-14;1-6-2-4-7(5-3-6)11(8,9)10/h1,3-4,7-8,15-16H,2,5-6,9-13,18H2;2-5H,1H3,(H,8,9,10). The first-order chi connectivity index (χ1) is 14.8. The molecule has 1 unspecified atom stereocenters. The van der Waals surface area contributed by atoms with Crippen LogP contribution in [-0.2, 0) is 26.3 Å². The molecule has 0 aromatic heterocycles. The maximum atomic E-state index is 12.0. The molecule has 1 aliphatic rings. The fraction of sp³-hybridized carbons (Fsp3) is 0.458. The second-order valence-corrected chi connectivity index (χ2v) is 9.45. The zero-order valence-corrected chi connectivity index (χ0v) is 18.9. The molecule has 0 saturated heterocycles. The average Bonchev–Trinajstić information content (AvgIpc) is 2.77. The van der Waals surface area contributed by atoms with Gasteiger partial charge in [-0.25, -0.2) is 0 Å². The molecule has 6 nitrogen and oxygen atoms in total. The number of hydrogen-bond acceptors (Lipinski definition) is 5. The fourth-order valence-electron chi connectivity index (χ4n) is 3.77. The molecule has 1 atom stereocenters. The minimum atomic E-state index is -4.02. The summed E-state index contributed by atoms with van der Waals surface area (Å²) >= 11 is 0. The summed E-state index contributed by atoms with van der Waals surface area (Å²) in [6.07, 6.45) is 6.78. The molecular weight excluding hydrogens is 414 g/mol. The van der Waals surface area contributed by atoms with Crippen LogP contribution < -0.4 is 5.73 Å². The van der Waals surface area contributed by atoms with E-state index >= 15 is 0 Å². The summed E-state index contributed by atoms with van der Waals surface area (Å²) in [6, 6.07) is 15.8. The van der Waals surface area contributed by atoms with Gasteiger partial charge in [0.15, 0.2) is 0 Å². The Morgan fingerprint density at radius 1 is 1.06 bits per heavy atom. The first-order valence-electron chi connectivity index (χ1n) is 10.7. The topological polar surface area (TPSA) is 107 Å². The van der Waals surface area contributed by atoms with E-state index in [0.29, 0.717) is 31.4 Å². The van der Waals surface area contributed by atoms with E-state index in [1.165, 1.54) is 44.2 Å². The van der Waals surface area contributed by atoms with Gasteiger partial charge in [-0.2, -0.15) is 8.42 Å². The lowest BCUT2D eigenvalue weighted by Gasteiger charge is -2.28. The number of rotatable bonds is 7. The SMILES string of the molecule is Cc1ccc(S(=O)(=O)O)cc1.NCC(CC(=O)OCc1ccccc1)C1CCCCC1. The summed E-state index contributed by atoms with van der Waals surface area (Å²) in [7, 11) is -4.02. The van der Waals surface area contributed by atoms with E-state index in [1.54, 1.807) is 12.1 Å². The minimum Gasteiger partial charge on any atom is -0.461 e. The Hall–Kier alpha value is -2.22. The van der Waals surface area contributed by atoms with Crippen molar-refractivity contribution in [3.63, 3.8) is 0 Å². The number of ether oxygens (including phenoxy) is 1. The molecule has 0 spiro atoms. The van der Waals surface area contributed by atoms with Gasteiger partial charge in [-0.05, 0) is 43.0 Å². The lowest BCUT2D eigenvalue weighted by atomic mass is 9.78. The third-order valence-corrected chi connectivity index (χ3v) is 6.48. The lowest BCUT2D eigenvalue weighted by molar-refractivity contribution is -0.146. The molecule has 31 heavy (non-hydrogen) atoms. The van der Waals surface area contributed by atoms with E-state index < -0.39 is 10.1 Å². The summed E-state index contributed by atoms with van der Waals surface area (Å²) in [4.78, 5) is 11.9. The molecule has 0 bridgehead atoms. The van der Waals surface area contributed by atoms with E-state index in [9.17, 15) is 13.2 Å². The summed E-state index contributed by atoms with van der Waals surface area (Å²) in [5, 5.41) is 0. The molecule has 1 saturated carbocycles. The molecule has 7 heteroatoms. The highest BCUT2D eigenvalue weighted by Crippen LogP contribution is 2.31. The van der Waals surface area contributed by atoms with Crippen LogP contribution in [0.5, 0.6) is 0 Å². The van der Waals surface area contributed by atoms with Crippen LogP contribution >= 0.6 is 0 Å². The number of hydrogen-bond donors (Lipinski definition) is 2. The van der Waals surface area contributed by atoms with Crippen molar-refractivity contribution < 1.29 is 22.5 Å². The van der Waals surface area contributed by atoms with Gasteiger partial charge >= 0.3 is 5.97 Å². The van der Waals surface area contributed by atoms with Gasteiger partial charge in [-0.15, -0.1) is 0 Å². The smallest absolute Gasteiger partial charge is 0.306 e. The third-order valence-electron chi connectivity index (χ3n) is 5.61. The van der Waals surface area contributed by atoms with Gasteiger partial charge in [-0.3, -0.25) is 9.35 Å². The third kappa shape index (κ3) is 9.21. The van der Waals surface area contributed by atoms with Gasteiger partial charge in [0.1, 0.15) is 6.61 Å². The van der Waals surface area contributed by atoms with Crippen molar-refractivity contribution in [3.8, 4) is 0 Å². The molecule has 3 rings (SSSR count). The van der Waals surface area contributed by atoms with E-state index in [4.69, 9.17) is 15.0 Å². The highest BCUT2D eigenvalue weighted by Gasteiger charge is 2.25. The number of carbonyl (C=O) groups is 1. The van der Waals surface area contributed by atoms with Gasteiger partial charge in [0, 0.05) is 6.42 Å². The van der Waals surface area contributed by atoms with Crippen LogP contribution in [0.15, 0.2) is 59.5 Å². The van der Waals surface area contributed by atoms with E-state index in [2.05, 4.69) is 0 Å². The second-order valence-electron chi connectivity index (χ2n) is 8.03. The van der Waals surface area contributed by atoms with E-state index in [-0.39, 0.29) is 10.9 Å². The quantitative estimate of drug-likeness (QED) is 0.477. The predicted octanol–water partition coefficient (Wildman–Crippen LogP) is 4.52. The zero-order chi connectivity index (χ0) is 22.7. The maximum absolute atomic E-state index is 12.0. The Labute approximate surface area is 185 Å². The number of esters is 1. The molecule has 2 aromatic carbocycles. The Bertz CT molecular complexity index is 891. The predicted molar refractivity (Wildman–Crippen MR) is 121 cm³/mol. The highest BCUT2D eigenvalue weighted by molar-refractivity contribution is 7.85. The first-order valence-corrected chi connectivity index (χ1v) is 12.2. The fourth-order valence-corrected chi connectivity index (χ4v) is 4.25. The van der Waals surface area contributed by atoms with Gasteiger partial charge in [0.05, 0.1) is 4.90 Å². The van der Waals surface area contributed by atoms with Crippen molar-refractivity contribution in [1.29, 1.82) is 0 Å². The Balaban J connectivity index is 0.000000262. The molecular formula is C24H33NO5S. The van der Waals surface area contributed by atoms with Crippen LogP contribution in [0.1, 0.15) is 49.7 Å². The average molecular weight is 448 g/mol. The summed E-state index contributed by atoms with van der Waals surface area (Å²) in [6.45, 7) is 2.79. The number of aryl methyl sites for hydroxylation is 1. The van der Waals surface area contributed by atoms with Crippen LogP contribution in [-0.4, -0.2) is 25.5 Å². The summed E-state index contributed by atoms with van der Waals surface area (Å²) in [5.41, 5.74) is 7.84. The number of nitrogens with two attached hydrogens (primary N) is 1. The van der Waals surface area contributed by atoms with Crippen molar-refractivity contribution in [3.05, 3.63) is 65.7 Å². The number of carbonyl (C=O) groups excluding carboxylic acids is 1. The van der Waals surface area contributed by atoms with Crippen molar-refractivity contribution in [2.24, 2.45) is 17.6 Å². The molecule has 0 aliphatic heterocycles. The molecule has 170 valence electrons. The second kappa shape index (κ2) is 12.6. The van der Waals surface area contributed by atoms with E-state index in [1.807, 2.05) is 37.3 Å². The van der Waals surface area contributed by atoms with Crippen molar-refractivity contribution in [2.45, 2.75) is 57.0 Å². The van der Waals surface area contributed by atoms with Gasteiger partial charge in [0.25, 0.3) is 10.1 Å². The highest BCUT2D eigenvalue weighted by atomic mass is 32.2. The van der Waals surface area contributed by atoms with Crippen LogP contribution in [0.2, 0.25) is 0 Å². The van der Waals surface area contributed by atoms with Crippen LogP contribution in [0.4, 0.5) is 0 Å². The van der Waals surface area contributed by atoms with Crippen molar-refractivity contribution >= 4 is 16.1 Å². The van der Waals surface area contributed by atoms with Crippen LogP contribution in [0.3, 0.4) is 0 Å². The normalized spacial score (nSPS) is 15.5. The maximum Gasteiger partial charge on any atom is 0.306 e. The van der Waals surface area contributed by atoms with Gasteiger partial charge in [0.2, 0.25) is 0 Å². The largest absolute Gasteiger partial charge is 0.461 e. The summed E-state index contributed by atoms with van der Waals surface area (Å²) in [5.74, 6) is 0.784. The summed E-state index contributed by atoms with van der Waals surface area (Å²) < 4.78 is 34.9. The first kappa shape index (κ1) is 25.0. The molecule has 2 aromatic rings. The van der Waals surface area contributed by atoms with E-state index in [0.717, 1.165) is 11.1 Å². The van der Waals surface area contributed by atoms with Crippen LogP contribution in [0.25, 0.3) is 0 Å². The molecule has 0 amide bonds. The van der Waals surface area contributed by atoms with Crippen molar-refractivity contribution in [1.82, 2.24) is 0 Å². The molecule has 0 radical (unpaired) electrons.